The van der Waals surface area contributed by atoms with Crippen molar-refractivity contribution in [2.45, 2.75) is 12.1 Å². The Labute approximate surface area is 121 Å². The third kappa shape index (κ3) is 3.37. The Morgan fingerprint density at radius 2 is 2.10 bits per heavy atom. The molecule has 0 radical (unpaired) electrons. The molecule has 2 rings (SSSR count). The third-order valence-electron chi connectivity index (χ3n) is 2.78. The van der Waals surface area contributed by atoms with E-state index < -0.39 is 0 Å². The summed E-state index contributed by atoms with van der Waals surface area (Å²) in [5.41, 5.74) is 2.16. The normalized spacial score (nSPS) is 10.6. The third-order valence-corrected chi connectivity index (χ3v) is 3.71. The highest BCUT2D eigenvalue weighted by atomic mass is 32.2. The molecule has 2 aromatic rings. The van der Waals surface area contributed by atoms with Crippen LogP contribution in [0, 0.1) is 6.92 Å². The Kier molecular flexibility index (Phi) is 4.75. The van der Waals surface area contributed by atoms with E-state index in [1.807, 2.05) is 35.8 Å². The van der Waals surface area contributed by atoms with E-state index in [9.17, 15) is 4.79 Å². The zero-order valence-electron chi connectivity index (χ0n) is 11.6. The number of aromatic nitrogens is 3. The van der Waals surface area contributed by atoms with Crippen molar-refractivity contribution >= 4 is 17.7 Å². The lowest BCUT2D eigenvalue weighted by Gasteiger charge is -2.13. The number of aryl methyl sites for hydroxylation is 1. The van der Waals surface area contributed by atoms with Gasteiger partial charge in [0.2, 0.25) is 0 Å². The summed E-state index contributed by atoms with van der Waals surface area (Å²) >= 11 is 1.32. The summed E-state index contributed by atoms with van der Waals surface area (Å²) in [6, 6.07) is 8.03. The number of thioether (sulfide) groups is 1. The van der Waals surface area contributed by atoms with Crippen molar-refractivity contribution in [3.63, 3.8) is 0 Å². The topological polar surface area (TPSA) is 60.2 Å². The van der Waals surface area contributed by atoms with Crippen LogP contribution in [0.5, 0.6) is 0 Å². The SMILES string of the molecule is CON(C)C(=O)CSc1nncn1-c1ccc(C)cc1. The van der Waals surface area contributed by atoms with Gasteiger partial charge in [-0.2, -0.15) is 0 Å². The molecule has 20 heavy (non-hydrogen) atoms. The molecule has 1 amide bonds. The molecule has 0 atom stereocenters. The molecule has 0 bridgehead atoms. The second-order valence-electron chi connectivity index (χ2n) is 4.18. The minimum Gasteiger partial charge on any atom is -0.277 e. The summed E-state index contributed by atoms with van der Waals surface area (Å²) in [5, 5.41) is 9.80. The molecule has 0 saturated carbocycles. The molecule has 0 fully saturated rings. The summed E-state index contributed by atoms with van der Waals surface area (Å²) in [6.07, 6.45) is 1.64. The molecule has 106 valence electrons. The molecule has 1 aromatic heterocycles. The fourth-order valence-electron chi connectivity index (χ4n) is 1.52. The van der Waals surface area contributed by atoms with E-state index in [0.717, 1.165) is 5.69 Å². The lowest BCUT2D eigenvalue weighted by molar-refractivity contribution is -0.165. The monoisotopic (exact) mass is 292 g/mol. The standard InChI is InChI=1S/C13H16N4O2S/c1-10-4-6-11(7-5-10)17-9-14-15-13(17)20-8-12(18)16(2)19-3/h4-7,9H,8H2,1-3H3. The van der Waals surface area contributed by atoms with Crippen LogP contribution in [0.1, 0.15) is 5.56 Å². The van der Waals surface area contributed by atoms with Gasteiger partial charge in [-0.15, -0.1) is 10.2 Å². The number of nitrogens with zero attached hydrogens (tertiary/aromatic N) is 4. The van der Waals surface area contributed by atoms with Crippen LogP contribution < -0.4 is 0 Å². The van der Waals surface area contributed by atoms with Crippen LogP contribution in [0.25, 0.3) is 5.69 Å². The van der Waals surface area contributed by atoms with Gasteiger partial charge < -0.3 is 0 Å². The zero-order chi connectivity index (χ0) is 14.5. The molecular weight excluding hydrogens is 276 g/mol. The molecule has 0 aliphatic rings. The molecule has 1 aromatic carbocycles. The van der Waals surface area contributed by atoms with E-state index in [1.54, 1.807) is 13.4 Å². The Balaban J connectivity index is 2.09. The quantitative estimate of drug-likeness (QED) is 0.620. The van der Waals surface area contributed by atoms with Gasteiger partial charge in [0.05, 0.1) is 12.9 Å². The van der Waals surface area contributed by atoms with Crippen molar-refractivity contribution in [3.05, 3.63) is 36.2 Å². The maximum Gasteiger partial charge on any atom is 0.256 e. The van der Waals surface area contributed by atoms with Gasteiger partial charge >= 0.3 is 0 Å². The summed E-state index contributed by atoms with van der Waals surface area (Å²) in [7, 11) is 3.03. The lowest BCUT2D eigenvalue weighted by Crippen LogP contribution is -2.27. The molecule has 0 aliphatic carbocycles. The van der Waals surface area contributed by atoms with Gasteiger partial charge in [-0.25, -0.2) is 5.06 Å². The number of hydrogen-bond acceptors (Lipinski definition) is 5. The summed E-state index contributed by atoms with van der Waals surface area (Å²) in [5.74, 6) is 0.116. The van der Waals surface area contributed by atoms with Gasteiger partial charge in [0.25, 0.3) is 5.91 Å². The number of benzene rings is 1. The molecule has 6 nitrogen and oxygen atoms in total. The minimum absolute atomic E-state index is 0.129. The Hall–Kier alpha value is -1.86. The molecule has 0 unspecified atom stereocenters. The van der Waals surface area contributed by atoms with Crippen molar-refractivity contribution in [2.24, 2.45) is 0 Å². The van der Waals surface area contributed by atoms with Crippen LogP contribution in [0.4, 0.5) is 0 Å². The van der Waals surface area contributed by atoms with Gasteiger partial charge in [0, 0.05) is 12.7 Å². The van der Waals surface area contributed by atoms with Crippen molar-refractivity contribution < 1.29 is 9.63 Å². The Morgan fingerprint density at radius 3 is 2.75 bits per heavy atom. The number of rotatable bonds is 5. The number of amides is 1. The predicted molar refractivity (Wildman–Crippen MR) is 76.6 cm³/mol. The first-order chi connectivity index (χ1) is 9.61. The maximum atomic E-state index is 11.7. The van der Waals surface area contributed by atoms with Crippen molar-refractivity contribution in [1.29, 1.82) is 0 Å². The molecule has 0 saturated heterocycles. The van der Waals surface area contributed by atoms with Crippen LogP contribution >= 0.6 is 11.8 Å². The molecular formula is C13H16N4O2S. The molecule has 0 spiro atoms. The molecule has 0 N–H and O–H groups in total. The highest BCUT2D eigenvalue weighted by Crippen LogP contribution is 2.20. The lowest BCUT2D eigenvalue weighted by atomic mass is 10.2. The number of carbonyl (C=O) groups is 1. The Morgan fingerprint density at radius 1 is 1.40 bits per heavy atom. The van der Waals surface area contributed by atoms with Crippen LogP contribution in [-0.4, -0.2) is 45.6 Å². The average molecular weight is 292 g/mol. The minimum atomic E-state index is -0.129. The van der Waals surface area contributed by atoms with Gasteiger partial charge in [-0.1, -0.05) is 29.5 Å². The van der Waals surface area contributed by atoms with E-state index in [4.69, 9.17) is 4.84 Å². The fraction of sp³-hybridized carbons (Fsp3) is 0.308. The summed E-state index contributed by atoms with van der Waals surface area (Å²) < 4.78 is 1.85. The maximum absolute atomic E-state index is 11.7. The fourth-order valence-corrected chi connectivity index (χ4v) is 2.36. The van der Waals surface area contributed by atoms with E-state index in [2.05, 4.69) is 10.2 Å². The summed E-state index contributed by atoms with van der Waals surface area (Å²) in [4.78, 5) is 16.5. The Bertz CT molecular complexity index is 582. The highest BCUT2D eigenvalue weighted by Gasteiger charge is 2.12. The number of hydrogen-bond donors (Lipinski definition) is 0. The van der Waals surface area contributed by atoms with Gasteiger partial charge in [-0.05, 0) is 19.1 Å². The first-order valence-electron chi connectivity index (χ1n) is 6.02. The van der Waals surface area contributed by atoms with Crippen molar-refractivity contribution in [1.82, 2.24) is 19.8 Å². The average Bonchev–Trinajstić information content (AvgIpc) is 2.93. The first-order valence-corrected chi connectivity index (χ1v) is 7.01. The smallest absolute Gasteiger partial charge is 0.256 e. The van der Waals surface area contributed by atoms with E-state index >= 15 is 0 Å². The number of hydroxylamine groups is 2. The molecule has 7 heteroatoms. The highest BCUT2D eigenvalue weighted by molar-refractivity contribution is 7.99. The second kappa shape index (κ2) is 6.53. The van der Waals surface area contributed by atoms with E-state index in [1.165, 1.54) is 29.5 Å². The zero-order valence-corrected chi connectivity index (χ0v) is 12.4. The van der Waals surface area contributed by atoms with Crippen LogP contribution in [0.3, 0.4) is 0 Å². The van der Waals surface area contributed by atoms with Gasteiger partial charge in [0.1, 0.15) is 6.33 Å². The van der Waals surface area contributed by atoms with Gasteiger partial charge in [-0.3, -0.25) is 14.2 Å². The van der Waals surface area contributed by atoms with Crippen LogP contribution in [0.15, 0.2) is 35.7 Å². The summed E-state index contributed by atoms with van der Waals surface area (Å²) in [6.45, 7) is 2.03. The molecule has 1 heterocycles. The van der Waals surface area contributed by atoms with Crippen LogP contribution in [0.2, 0.25) is 0 Å². The first kappa shape index (κ1) is 14.5. The van der Waals surface area contributed by atoms with Gasteiger partial charge in [0.15, 0.2) is 5.16 Å². The van der Waals surface area contributed by atoms with Crippen molar-refractivity contribution in [3.8, 4) is 5.69 Å². The largest absolute Gasteiger partial charge is 0.277 e. The van der Waals surface area contributed by atoms with Crippen molar-refractivity contribution in [2.75, 3.05) is 19.9 Å². The van der Waals surface area contributed by atoms with E-state index in [-0.39, 0.29) is 11.7 Å². The van der Waals surface area contributed by atoms with E-state index in [0.29, 0.717) is 5.16 Å². The molecule has 0 aliphatic heterocycles. The second-order valence-corrected chi connectivity index (χ2v) is 5.12. The van der Waals surface area contributed by atoms with Crippen LogP contribution in [-0.2, 0) is 9.63 Å². The predicted octanol–water partition coefficient (Wildman–Crippen LogP) is 1.69. The number of carbonyl (C=O) groups excluding carboxylic acids is 1.